The first-order valence-corrected chi connectivity index (χ1v) is 8.59. The summed E-state index contributed by atoms with van der Waals surface area (Å²) in [5.41, 5.74) is 8.20. The third-order valence-corrected chi connectivity index (χ3v) is 4.29. The van der Waals surface area contributed by atoms with Gasteiger partial charge in [0.2, 0.25) is 0 Å². The maximum Gasteiger partial charge on any atom is 0.287 e. The fourth-order valence-electron chi connectivity index (χ4n) is 2.26. The van der Waals surface area contributed by atoms with Gasteiger partial charge in [-0.3, -0.25) is 10.2 Å². The van der Waals surface area contributed by atoms with E-state index >= 15 is 0 Å². The Morgan fingerprint density at radius 1 is 1.04 bits per heavy atom. The van der Waals surface area contributed by atoms with E-state index in [4.69, 9.17) is 0 Å². The van der Waals surface area contributed by atoms with E-state index in [1.54, 1.807) is 12.4 Å². The van der Waals surface area contributed by atoms with Crippen LogP contribution in [-0.2, 0) is 6.42 Å². The number of rotatable bonds is 6. The van der Waals surface area contributed by atoms with Gasteiger partial charge >= 0.3 is 0 Å². The summed E-state index contributed by atoms with van der Waals surface area (Å²) >= 11 is 3.33. The molecule has 1 heterocycles. The van der Waals surface area contributed by atoms with Crippen LogP contribution in [0.1, 0.15) is 5.56 Å². The molecule has 0 aliphatic rings. The van der Waals surface area contributed by atoms with Crippen LogP contribution in [0.4, 0.5) is 5.69 Å². The fraction of sp³-hybridized carbons (Fsp3) is 0.0526. The van der Waals surface area contributed by atoms with Gasteiger partial charge in [0.05, 0.1) is 17.6 Å². The van der Waals surface area contributed by atoms with Crippen molar-refractivity contribution in [2.24, 2.45) is 0 Å². The Balaban J connectivity index is 1.64. The highest BCUT2D eigenvalue weighted by atomic mass is 79.9. The average molecular weight is 397 g/mol. The largest absolute Gasteiger partial charge is 0.308 e. The van der Waals surface area contributed by atoms with Crippen LogP contribution in [0.5, 0.6) is 0 Å². The van der Waals surface area contributed by atoms with E-state index in [2.05, 4.69) is 44.0 Å². The SMILES string of the molecule is O=c1c(Br)c(NNC=CCc2ccccc2)cnn1-c1ccccc1. The molecule has 0 bridgehead atoms. The molecule has 2 N–H and O–H groups in total. The summed E-state index contributed by atoms with van der Waals surface area (Å²) in [7, 11) is 0. The van der Waals surface area contributed by atoms with E-state index in [0.29, 0.717) is 10.2 Å². The van der Waals surface area contributed by atoms with E-state index in [1.807, 2.05) is 54.6 Å². The smallest absolute Gasteiger partial charge is 0.287 e. The highest BCUT2D eigenvalue weighted by Gasteiger charge is 2.09. The van der Waals surface area contributed by atoms with Crippen molar-refractivity contribution >= 4 is 21.6 Å². The summed E-state index contributed by atoms with van der Waals surface area (Å²) in [6.45, 7) is 0. The number of benzene rings is 2. The van der Waals surface area contributed by atoms with Crippen molar-refractivity contribution in [1.29, 1.82) is 0 Å². The number of nitrogens with one attached hydrogen (secondary N) is 2. The van der Waals surface area contributed by atoms with Gasteiger partial charge in [-0.2, -0.15) is 9.78 Å². The summed E-state index contributed by atoms with van der Waals surface area (Å²) in [6, 6.07) is 19.4. The molecule has 2 aromatic carbocycles. The maximum atomic E-state index is 12.4. The van der Waals surface area contributed by atoms with Gasteiger partial charge in [-0.15, -0.1) is 0 Å². The Morgan fingerprint density at radius 3 is 2.44 bits per heavy atom. The molecule has 25 heavy (non-hydrogen) atoms. The summed E-state index contributed by atoms with van der Waals surface area (Å²) in [5.74, 6) is 0. The number of para-hydroxylation sites is 1. The summed E-state index contributed by atoms with van der Waals surface area (Å²) < 4.78 is 1.76. The van der Waals surface area contributed by atoms with Crippen LogP contribution in [0, 0.1) is 0 Å². The standard InChI is InChI=1S/C19H17BrN4O/c20-18-17(23-21-13-7-10-15-8-3-1-4-9-15)14-22-24(19(18)25)16-11-5-2-6-12-16/h1-9,11-14,21,23H,10H2. The number of aromatic nitrogens is 2. The van der Waals surface area contributed by atoms with Crippen LogP contribution in [0.2, 0.25) is 0 Å². The number of halogens is 1. The Labute approximate surface area is 154 Å². The zero-order valence-corrected chi connectivity index (χ0v) is 15.0. The van der Waals surface area contributed by atoms with Crippen LogP contribution < -0.4 is 16.4 Å². The van der Waals surface area contributed by atoms with Crippen molar-refractivity contribution in [3.05, 3.63) is 99.5 Å². The average Bonchev–Trinajstić information content (AvgIpc) is 2.66. The quantitative estimate of drug-likeness (QED) is 0.624. The van der Waals surface area contributed by atoms with Gasteiger partial charge in [0.25, 0.3) is 5.56 Å². The summed E-state index contributed by atoms with van der Waals surface area (Å²) in [4.78, 5) is 12.4. The Bertz CT molecular complexity index is 908. The minimum absolute atomic E-state index is 0.230. The third kappa shape index (κ3) is 4.36. The molecular weight excluding hydrogens is 380 g/mol. The summed E-state index contributed by atoms with van der Waals surface area (Å²) in [5, 5.41) is 4.20. The third-order valence-electron chi connectivity index (χ3n) is 3.52. The van der Waals surface area contributed by atoms with Crippen molar-refractivity contribution in [3.63, 3.8) is 0 Å². The Morgan fingerprint density at radius 2 is 1.72 bits per heavy atom. The normalized spacial score (nSPS) is 10.8. The Hall–Kier alpha value is -2.86. The fourth-order valence-corrected chi connectivity index (χ4v) is 2.63. The lowest BCUT2D eigenvalue weighted by molar-refractivity contribution is 0.799. The molecular formula is C19H17BrN4O. The van der Waals surface area contributed by atoms with Gasteiger partial charge < -0.3 is 5.43 Å². The second kappa shape index (κ2) is 8.30. The predicted octanol–water partition coefficient (Wildman–Crippen LogP) is 3.67. The molecule has 0 saturated heterocycles. The van der Waals surface area contributed by atoms with E-state index in [-0.39, 0.29) is 5.56 Å². The zero-order valence-electron chi connectivity index (χ0n) is 13.4. The number of nitrogens with zero attached hydrogens (tertiary/aromatic N) is 2. The number of hydrogen-bond acceptors (Lipinski definition) is 4. The topological polar surface area (TPSA) is 59.0 Å². The number of anilines is 1. The van der Waals surface area contributed by atoms with Gasteiger partial charge in [0.1, 0.15) is 4.47 Å². The number of hydrazine groups is 1. The minimum atomic E-state index is -0.230. The van der Waals surface area contributed by atoms with Gasteiger partial charge in [-0.1, -0.05) is 54.6 Å². The van der Waals surface area contributed by atoms with Gasteiger partial charge in [0.15, 0.2) is 0 Å². The molecule has 0 unspecified atom stereocenters. The van der Waals surface area contributed by atoms with E-state index in [9.17, 15) is 4.79 Å². The summed E-state index contributed by atoms with van der Waals surface area (Å²) in [6.07, 6.45) is 6.21. The van der Waals surface area contributed by atoms with Gasteiger partial charge in [0, 0.05) is 6.20 Å². The first kappa shape index (κ1) is 17.0. The lowest BCUT2D eigenvalue weighted by Gasteiger charge is -2.10. The van der Waals surface area contributed by atoms with Crippen molar-refractivity contribution < 1.29 is 0 Å². The van der Waals surface area contributed by atoms with Crippen LogP contribution in [0.15, 0.2) is 88.4 Å². The molecule has 0 spiro atoms. The van der Waals surface area contributed by atoms with Crippen LogP contribution in [-0.4, -0.2) is 9.78 Å². The van der Waals surface area contributed by atoms with E-state index in [0.717, 1.165) is 12.1 Å². The molecule has 6 heteroatoms. The highest BCUT2D eigenvalue weighted by Crippen LogP contribution is 2.16. The van der Waals surface area contributed by atoms with Crippen molar-refractivity contribution in [2.75, 3.05) is 5.43 Å². The minimum Gasteiger partial charge on any atom is -0.308 e. The molecule has 1 aromatic heterocycles. The van der Waals surface area contributed by atoms with Gasteiger partial charge in [-0.05, 0) is 40.0 Å². The molecule has 3 aromatic rings. The second-order valence-corrected chi connectivity index (χ2v) is 6.08. The molecule has 0 aliphatic carbocycles. The first-order chi connectivity index (χ1) is 12.3. The van der Waals surface area contributed by atoms with Crippen LogP contribution in [0.3, 0.4) is 0 Å². The molecule has 0 atom stereocenters. The second-order valence-electron chi connectivity index (χ2n) is 5.29. The molecule has 126 valence electrons. The molecule has 0 fully saturated rings. The number of hydrogen-bond donors (Lipinski definition) is 2. The zero-order chi connectivity index (χ0) is 17.5. The highest BCUT2D eigenvalue weighted by molar-refractivity contribution is 9.10. The molecule has 3 rings (SSSR count). The van der Waals surface area contributed by atoms with Crippen LogP contribution in [0.25, 0.3) is 5.69 Å². The number of allylic oxidation sites excluding steroid dienone is 1. The molecule has 0 radical (unpaired) electrons. The van der Waals surface area contributed by atoms with Gasteiger partial charge in [-0.25, -0.2) is 0 Å². The predicted molar refractivity (Wildman–Crippen MR) is 104 cm³/mol. The molecule has 0 amide bonds. The van der Waals surface area contributed by atoms with Crippen molar-refractivity contribution in [1.82, 2.24) is 15.2 Å². The van der Waals surface area contributed by atoms with Crippen LogP contribution >= 0.6 is 15.9 Å². The van der Waals surface area contributed by atoms with Crippen molar-refractivity contribution in [2.45, 2.75) is 6.42 Å². The molecule has 5 nitrogen and oxygen atoms in total. The lowest BCUT2D eigenvalue weighted by atomic mass is 10.1. The monoisotopic (exact) mass is 396 g/mol. The van der Waals surface area contributed by atoms with Crippen molar-refractivity contribution in [3.8, 4) is 5.69 Å². The molecule has 0 aliphatic heterocycles. The maximum absolute atomic E-state index is 12.4. The van der Waals surface area contributed by atoms with E-state index < -0.39 is 0 Å². The molecule has 0 saturated carbocycles. The first-order valence-electron chi connectivity index (χ1n) is 7.79. The van der Waals surface area contributed by atoms with E-state index in [1.165, 1.54) is 10.2 Å². The lowest BCUT2D eigenvalue weighted by Crippen LogP contribution is -2.25. The Kier molecular flexibility index (Phi) is 5.64.